The first-order valence-corrected chi connectivity index (χ1v) is 8.52. The summed E-state index contributed by atoms with van der Waals surface area (Å²) in [4.78, 5) is 12.5. The lowest BCUT2D eigenvalue weighted by Crippen LogP contribution is -2.23. The van der Waals surface area contributed by atoms with E-state index in [1.54, 1.807) is 14.2 Å². The van der Waals surface area contributed by atoms with Gasteiger partial charge in [-0.3, -0.25) is 4.79 Å². The Bertz CT molecular complexity index is 748. The summed E-state index contributed by atoms with van der Waals surface area (Å²) in [7, 11) is 3.23. The maximum Gasteiger partial charge on any atom is 0.178 e. The summed E-state index contributed by atoms with van der Waals surface area (Å²) in [5, 5.41) is 3.22. The van der Waals surface area contributed by atoms with Crippen molar-refractivity contribution in [1.82, 2.24) is 9.88 Å². The standard InChI is InChI=1S/C20H28N2O3/c1-13(2)22-14(3)9-17(15(22)4)18(23)12-21-11-16-7-8-19(24-5)20(10-16)25-6/h7-10,13,21H,11-12H2,1-6H3. The molecule has 0 radical (unpaired) electrons. The molecule has 5 nitrogen and oxygen atoms in total. The summed E-state index contributed by atoms with van der Waals surface area (Å²) >= 11 is 0. The number of nitrogens with zero attached hydrogens (tertiary/aromatic N) is 1. The third-order valence-corrected chi connectivity index (χ3v) is 4.36. The number of aromatic nitrogens is 1. The van der Waals surface area contributed by atoms with Crippen molar-refractivity contribution in [2.24, 2.45) is 0 Å². The summed E-state index contributed by atoms with van der Waals surface area (Å²) in [6.07, 6.45) is 0. The van der Waals surface area contributed by atoms with Crippen molar-refractivity contribution in [3.05, 3.63) is 46.8 Å². The first kappa shape index (κ1) is 19.1. The van der Waals surface area contributed by atoms with E-state index in [2.05, 4.69) is 23.7 Å². The summed E-state index contributed by atoms with van der Waals surface area (Å²) in [6, 6.07) is 8.08. The fourth-order valence-corrected chi connectivity index (χ4v) is 3.26. The van der Waals surface area contributed by atoms with Gasteiger partial charge in [-0.15, -0.1) is 0 Å². The number of carbonyl (C=O) groups excluding carboxylic acids is 1. The second-order valence-corrected chi connectivity index (χ2v) is 6.46. The average molecular weight is 344 g/mol. The van der Waals surface area contributed by atoms with Gasteiger partial charge in [0.25, 0.3) is 0 Å². The van der Waals surface area contributed by atoms with Crippen LogP contribution < -0.4 is 14.8 Å². The van der Waals surface area contributed by atoms with Crippen LogP contribution in [0, 0.1) is 13.8 Å². The van der Waals surface area contributed by atoms with E-state index in [1.165, 1.54) is 0 Å². The van der Waals surface area contributed by atoms with Crippen LogP contribution in [0.1, 0.15) is 47.2 Å². The summed E-state index contributed by atoms with van der Waals surface area (Å²) in [5.74, 6) is 1.50. The molecule has 25 heavy (non-hydrogen) atoms. The molecule has 0 aliphatic heterocycles. The molecule has 1 heterocycles. The monoisotopic (exact) mass is 344 g/mol. The van der Waals surface area contributed by atoms with Gasteiger partial charge in [0, 0.05) is 29.5 Å². The second-order valence-electron chi connectivity index (χ2n) is 6.46. The van der Waals surface area contributed by atoms with Gasteiger partial charge in [-0.1, -0.05) is 6.07 Å². The van der Waals surface area contributed by atoms with Crippen LogP contribution in [0.15, 0.2) is 24.3 Å². The maximum absolute atomic E-state index is 12.5. The van der Waals surface area contributed by atoms with Gasteiger partial charge in [-0.05, 0) is 51.5 Å². The molecular formula is C20H28N2O3. The van der Waals surface area contributed by atoms with Gasteiger partial charge in [0.1, 0.15) is 0 Å². The number of hydrogen-bond donors (Lipinski definition) is 1. The predicted octanol–water partition coefficient (Wildman–Crippen LogP) is 3.68. The smallest absolute Gasteiger partial charge is 0.178 e. The van der Waals surface area contributed by atoms with Crippen molar-refractivity contribution < 1.29 is 14.3 Å². The van der Waals surface area contributed by atoms with E-state index in [1.807, 2.05) is 38.1 Å². The minimum absolute atomic E-state index is 0.112. The first-order chi connectivity index (χ1) is 11.9. The maximum atomic E-state index is 12.5. The van der Waals surface area contributed by atoms with Crippen LogP contribution in [0.2, 0.25) is 0 Å². The molecule has 0 bridgehead atoms. The zero-order chi connectivity index (χ0) is 18.6. The molecule has 0 aliphatic carbocycles. The number of nitrogens with one attached hydrogen (secondary N) is 1. The predicted molar refractivity (Wildman–Crippen MR) is 99.9 cm³/mol. The number of Topliss-reactive ketones (excluding diaryl/α,β-unsaturated/α-hetero) is 1. The number of ketones is 1. The molecule has 2 rings (SSSR count). The van der Waals surface area contributed by atoms with Gasteiger partial charge in [-0.2, -0.15) is 0 Å². The van der Waals surface area contributed by atoms with Gasteiger partial charge in [-0.25, -0.2) is 0 Å². The Labute approximate surface area is 149 Å². The SMILES string of the molecule is COc1ccc(CNCC(=O)c2cc(C)n(C(C)C)c2C)cc1OC. The molecular weight excluding hydrogens is 316 g/mol. The highest BCUT2D eigenvalue weighted by atomic mass is 16.5. The van der Waals surface area contributed by atoms with Crippen molar-refractivity contribution in [2.75, 3.05) is 20.8 Å². The molecule has 0 amide bonds. The number of hydrogen-bond acceptors (Lipinski definition) is 4. The van der Waals surface area contributed by atoms with Crippen LogP contribution in [-0.4, -0.2) is 31.1 Å². The highest BCUT2D eigenvalue weighted by Gasteiger charge is 2.16. The third-order valence-electron chi connectivity index (χ3n) is 4.36. The average Bonchev–Trinajstić information content (AvgIpc) is 2.89. The zero-order valence-electron chi connectivity index (χ0n) is 16.0. The lowest BCUT2D eigenvalue weighted by molar-refractivity contribution is 0.0990. The molecule has 5 heteroatoms. The van der Waals surface area contributed by atoms with Crippen LogP contribution in [0.4, 0.5) is 0 Å². The number of carbonyl (C=O) groups is 1. The molecule has 0 saturated heterocycles. The van der Waals surface area contributed by atoms with Gasteiger partial charge in [0.2, 0.25) is 0 Å². The highest BCUT2D eigenvalue weighted by Crippen LogP contribution is 2.27. The Morgan fingerprint density at radius 2 is 1.80 bits per heavy atom. The largest absolute Gasteiger partial charge is 0.493 e. The first-order valence-electron chi connectivity index (χ1n) is 8.52. The zero-order valence-corrected chi connectivity index (χ0v) is 16.0. The summed E-state index contributed by atoms with van der Waals surface area (Å²) < 4.78 is 12.7. The molecule has 136 valence electrons. The molecule has 0 saturated carbocycles. The third kappa shape index (κ3) is 4.23. The fraction of sp³-hybridized carbons (Fsp3) is 0.450. The van der Waals surface area contributed by atoms with Crippen LogP contribution in [0.5, 0.6) is 11.5 Å². The van der Waals surface area contributed by atoms with Gasteiger partial charge < -0.3 is 19.4 Å². The number of aryl methyl sites for hydroxylation is 1. The van der Waals surface area contributed by atoms with Crippen molar-refractivity contribution in [3.8, 4) is 11.5 Å². The Kier molecular flexibility index (Phi) is 6.26. The molecule has 2 aromatic rings. The van der Waals surface area contributed by atoms with E-state index in [4.69, 9.17) is 9.47 Å². The van der Waals surface area contributed by atoms with Crippen molar-refractivity contribution in [3.63, 3.8) is 0 Å². The van der Waals surface area contributed by atoms with Crippen LogP contribution >= 0.6 is 0 Å². The Morgan fingerprint density at radius 3 is 2.36 bits per heavy atom. The van der Waals surface area contributed by atoms with Crippen molar-refractivity contribution >= 4 is 5.78 Å². The second kappa shape index (κ2) is 8.21. The van der Waals surface area contributed by atoms with Crippen LogP contribution in [0.3, 0.4) is 0 Å². The number of ether oxygens (including phenoxy) is 2. The van der Waals surface area contributed by atoms with E-state index >= 15 is 0 Å². The lowest BCUT2D eigenvalue weighted by atomic mass is 10.1. The minimum atomic E-state index is 0.112. The van der Waals surface area contributed by atoms with Gasteiger partial charge in [0.15, 0.2) is 17.3 Å². The normalized spacial score (nSPS) is 11.0. The topological polar surface area (TPSA) is 52.5 Å². The number of benzene rings is 1. The van der Waals surface area contributed by atoms with E-state index < -0.39 is 0 Å². The number of methoxy groups -OCH3 is 2. The molecule has 0 unspecified atom stereocenters. The Balaban J connectivity index is 2.01. The number of rotatable bonds is 8. The Hall–Kier alpha value is -2.27. The van der Waals surface area contributed by atoms with E-state index in [-0.39, 0.29) is 5.78 Å². The van der Waals surface area contributed by atoms with Crippen molar-refractivity contribution in [2.45, 2.75) is 40.3 Å². The van der Waals surface area contributed by atoms with Gasteiger partial charge >= 0.3 is 0 Å². The van der Waals surface area contributed by atoms with E-state index in [9.17, 15) is 4.79 Å². The molecule has 1 N–H and O–H groups in total. The summed E-state index contributed by atoms with van der Waals surface area (Å²) in [5.41, 5.74) is 3.99. The lowest BCUT2D eigenvalue weighted by Gasteiger charge is -2.13. The summed E-state index contributed by atoms with van der Waals surface area (Å²) in [6.45, 7) is 9.20. The molecule has 1 aromatic heterocycles. The highest BCUT2D eigenvalue weighted by molar-refractivity contribution is 5.99. The minimum Gasteiger partial charge on any atom is -0.493 e. The fourth-order valence-electron chi connectivity index (χ4n) is 3.26. The molecule has 0 aliphatic rings. The van der Waals surface area contributed by atoms with Crippen molar-refractivity contribution in [1.29, 1.82) is 0 Å². The molecule has 0 atom stereocenters. The Morgan fingerprint density at radius 1 is 1.12 bits per heavy atom. The quantitative estimate of drug-likeness (QED) is 0.742. The van der Waals surface area contributed by atoms with Crippen LogP contribution in [0.25, 0.3) is 0 Å². The molecule has 0 fully saturated rings. The van der Waals surface area contributed by atoms with Crippen LogP contribution in [-0.2, 0) is 6.54 Å². The molecule has 0 spiro atoms. The molecule has 1 aromatic carbocycles. The van der Waals surface area contributed by atoms with Gasteiger partial charge in [0.05, 0.1) is 20.8 Å². The van der Waals surface area contributed by atoms with E-state index in [0.717, 1.165) is 22.5 Å². The van der Waals surface area contributed by atoms with E-state index in [0.29, 0.717) is 30.6 Å².